The van der Waals surface area contributed by atoms with Crippen LogP contribution in [0.25, 0.3) is 10.9 Å². The molecule has 3 heteroatoms. The van der Waals surface area contributed by atoms with Gasteiger partial charge in [0.15, 0.2) is 0 Å². The monoisotopic (exact) mass is 261 g/mol. The summed E-state index contributed by atoms with van der Waals surface area (Å²) in [5.74, 6) is 1.09. The fourth-order valence-corrected chi connectivity index (χ4v) is 2.96. The normalized spacial score (nSPS) is 24.3. The molecule has 1 aromatic heterocycles. The molecule has 0 radical (unpaired) electrons. The van der Waals surface area contributed by atoms with Crippen molar-refractivity contribution in [3.63, 3.8) is 0 Å². The molecule has 1 fully saturated rings. The number of halogens is 1. The van der Waals surface area contributed by atoms with Crippen LogP contribution in [0.4, 0.5) is 0 Å². The van der Waals surface area contributed by atoms with Crippen LogP contribution in [-0.2, 0) is 4.74 Å². The standard InChI is InChI=1S/C15H16ClNO/c16-10-13-4-2-8-18-15(13)12-5-6-14-11(9-12)3-1-7-17-14/h1,3,5-7,9,13,15H,2,4,8,10H2. The Labute approximate surface area is 112 Å². The van der Waals surface area contributed by atoms with Crippen molar-refractivity contribution < 1.29 is 4.74 Å². The summed E-state index contributed by atoms with van der Waals surface area (Å²) in [6.07, 6.45) is 4.23. The lowest BCUT2D eigenvalue weighted by atomic mass is 9.90. The van der Waals surface area contributed by atoms with Gasteiger partial charge in [-0.15, -0.1) is 11.6 Å². The van der Waals surface area contributed by atoms with Gasteiger partial charge in [-0.3, -0.25) is 4.98 Å². The number of fused-ring (bicyclic) bond motifs is 1. The van der Waals surface area contributed by atoms with E-state index in [0.29, 0.717) is 11.8 Å². The molecule has 1 saturated heterocycles. The third kappa shape index (κ3) is 2.23. The number of alkyl halides is 1. The fraction of sp³-hybridized carbons (Fsp3) is 0.400. The summed E-state index contributed by atoms with van der Waals surface area (Å²) < 4.78 is 5.91. The van der Waals surface area contributed by atoms with Gasteiger partial charge in [0, 0.05) is 30.0 Å². The number of rotatable bonds is 2. The Morgan fingerprint density at radius 1 is 1.33 bits per heavy atom. The summed E-state index contributed by atoms with van der Waals surface area (Å²) in [6.45, 7) is 0.836. The first kappa shape index (κ1) is 11.9. The molecule has 0 amide bonds. The highest BCUT2D eigenvalue weighted by Gasteiger charge is 2.26. The van der Waals surface area contributed by atoms with Crippen LogP contribution in [0.5, 0.6) is 0 Å². The summed E-state index contributed by atoms with van der Waals surface area (Å²) in [5.41, 5.74) is 2.25. The van der Waals surface area contributed by atoms with Crippen LogP contribution in [0.3, 0.4) is 0 Å². The number of aromatic nitrogens is 1. The third-order valence-corrected chi connectivity index (χ3v) is 3.99. The van der Waals surface area contributed by atoms with Gasteiger partial charge >= 0.3 is 0 Å². The Morgan fingerprint density at radius 3 is 3.17 bits per heavy atom. The van der Waals surface area contributed by atoms with Gasteiger partial charge in [0.2, 0.25) is 0 Å². The maximum absolute atomic E-state index is 6.05. The van der Waals surface area contributed by atoms with E-state index >= 15 is 0 Å². The summed E-state index contributed by atoms with van der Waals surface area (Å²) in [6, 6.07) is 10.4. The lowest BCUT2D eigenvalue weighted by Gasteiger charge is -2.30. The third-order valence-electron chi connectivity index (χ3n) is 3.60. The second-order valence-electron chi connectivity index (χ2n) is 4.80. The lowest BCUT2D eigenvalue weighted by Crippen LogP contribution is -2.23. The molecule has 94 valence electrons. The van der Waals surface area contributed by atoms with Gasteiger partial charge in [0.1, 0.15) is 0 Å². The van der Waals surface area contributed by atoms with Gasteiger partial charge in [-0.25, -0.2) is 0 Å². The molecule has 2 atom stereocenters. The van der Waals surface area contributed by atoms with Crippen LogP contribution in [0, 0.1) is 5.92 Å². The van der Waals surface area contributed by atoms with Crippen LogP contribution in [0.2, 0.25) is 0 Å². The van der Waals surface area contributed by atoms with E-state index in [-0.39, 0.29) is 6.10 Å². The Balaban J connectivity index is 1.97. The summed E-state index contributed by atoms with van der Waals surface area (Å²) in [4.78, 5) is 4.34. The number of hydrogen-bond donors (Lipinski definition) is 0. The average molecular weight is 262 g/mol. The SMILES string of the molecule is ClCC1CCCOC1c1ccc2ncccc2c1. The second kappa shape index (κ2) is 5.25. The molecule has 0 aliphatic carbocycles. The molecule has 18 heavy (non-hydrogen) atoms. The Kier molecular flexibility index (Phi) is 3.48. The van der Waals surface area contributed by atoms with E-state index in [4.69, 9.17) is 16.3 Å². The quantitative estimate of drug-likeness (QED) is 0.764. The summed E-state index contributed by atoms with van der Waals surface area (Å²) >= 11 is 6.05. The van der Waals surface area contributed by atoms with Gasteiger partial charge in [0.25, 0.3) is 0 Å². The van der Waals surface area contributed by atoms with Crippen LogP contribution in [0.1, 0.15) is 24.5 Å². The lowest BCUT2D eigenvalue weighted by molar-refractivity contribution is -0.0207. The van der Waals surface area contributed by atoms with Crippen LogP contribution in [-0.4, -0.2) is 17.5 Å². The van der Waals surface area contributed by atoms with Gasteiger partial charge in [-0.05, 0) is 36.6 Å². The van der Waals surface area contributed by atoms with Gasteiger partial charge in [0.05, 0.1) is 11.6 Å². The van der Waals surface area contributed by atoms with E-state index < -0.39 is 0 Å². The van der Waals surface area contributed by atoms with Crippen molar-refractivity contribution in [3.8, 4) is 0 Å². The number of pyridine rings is 1. The number of hydrogen-bond acceptors (Lipinski definition) is 2. The number of nitrogens with zero attached hydrogens (tertiary/aromatic N) is 1. The highest BCUT2D eigenvalue weighted by Crippen LogP contribution is 2.35. The molecule has 2 heterocycles. The topological polar surface area (TPSA) is 22.1 Å². The Morgan fingerprint density at radius 2 is 2.28 bits per heavy atom. The summed E-state index contributed by atoms with van der Waals surface area (Å²) in [7, 11) is 0. The van der Waals surface area contributed by atoms with Gasteiger partial charge < -0.3 is 4.74 Å². The molecule has 2 nitrogen and oxygen atoms in total. The molecule has 0 bridgehead atoms. The van der Waals surface area contributed by atoms with Gasteiger partial charge in [-0.2, -0.15) is 0 Å². The van der Waals surface area contributed by atoms with E-state index in [2.05, 4.69) is 29.2 Å². The molecule has 2 aromatic rings. The largest absolute Gasteiger partial charge is 0.373 e. The zero-order valence-corrected chi connectivity index (χ0v) is 10.9. The fourth-order valence-electron chi connectivity index (χ4n) is 2.64. The Hall–Kier alpha value is -1.12. The van der Waals surface area contributed by atoms with E-state index in [1.165, 1.54) is 5.56 Å². The first-order valence-electron chi connectivity index (χ1n) is 6.41. The van der Waals surface area contributed by atoms with E-state index in [1.54, 1.807) is 0 Å². The van der Waals surface area contributed by atoms with Crippen molar-refractivity contribution in [1.82, 2.24) is 4.98 Å². The first-order valence-corrected chi connectivity index (χ1v) is 6.94. The van der Waals surface area contributed by atoms with Gasteiger partial charge in [-0.1, -0.05) is 12.1 Å². The van der Waals surface area contributed by atoms with Crippen LogP contribution >= 0.6 is 11.6 Å². The number of ether oxygens (including phenoxy) is 1. The zero-order valence-electron chi connectivity index (χ0n) is 10.2. The molecule has 2 unspecified atom stereocenters. The minimum absolute atomic E-state index is 0.140. The van der Waals surface area contributed by atoms with Crippen molar-refractivity contribution in [2.75, 3.05) is 12.5 Å². The maximum Gasteiger partial charge on any atom is 0.0864 e. The molecule has 0 spiro atoms. The zero-order chi connectivity index (χ0) is 12.4. The maximum atomic E-state index is 6.05. The summed E-state index contributed by atoms with van der Waals surface area (Å²) in [5, 5.41) is 1.16. The molecule has 0 saturated carbocycles. The highest BCUT2D eigenvalue weighted by atomic mass is 35.5. The highest BCUT2D eigenvalue weighted by molar-refractivity contribution is 6.18. The van der Waals surface area contributed by atoms with Crippen LogP contribution < -0.4 is 0 Å². The van der Waals surface area contributed by atoms with E-state index in [1.807, 2.05) is 12.3 Å². The average Bonchev–Trinajstić information content (AvgIpc) is 2.46. The molecular formula is C15H16ClNO. The minimum atomic E-state index is 0.140. The molecular weight excluding hydrogens is 246 g/mol. The van der Waals surface area contributed by atoms with E-state index in [0.717, 1.165) is 30.4 Å². The van der Waals surface area contributed by atoms with Crippen molar-refractivity contribution in [2.45, 2.75) is 18.9 Å². The Bertz CT molecular complexity index is 543. The minimum Gasteiger partial charge on any atom is -0.373 e. The van der Waals surface area contributed by atoms with E-state index in [9.17, 15) is 0 Å². The smallest absolute Gasteiger partial charge is 0.0864 e. The second-order valence-corrected chi connectivity index (χ2v) is 5.11. The molecule has 1 aromatic carbocycles. The number of benzene rings is 1. The van der Waals surface area contributed by atoms with Crippen LogP contribution in [0.15, 0.2) is 36.5 Å². The van der Waals surface area contributed by atoms with Crippen molar-refractivity contribution in [1.29, 1.82) is 0 Å². The molecule has 1 aliphatic rings. The molecule has 0 N–H and O–H groups in total. The predicted molar refractivity (Wildman–Crippen MR) is 73.9 cm³/mol. The van der Waals surface area contributed by atoms with Crippen molar-refractivity contribution in [2.24, 2.45) is 5.92 Å². The predicted octanol–water partition coefficient (Wildman–Crippen LogP) is 3.94. The van der Waals surface area contributed by atoms with Crippen molar-refractivity contribution in [3.05, 3.63) is 42.1 Å². The van der Waals surface area contributed by atoms with Crippen molar-refractivity contribution >= 4 is 22.5 Å². The first-order chi connectivity index (χ1) is 8.88. The molecule has 1 aliphatic heterocycles. The molecule has 3 rings (SSSR count).